The number of halogens is 1. The highest BCUT2D eigenvalue weighted by Crippen LogP contribution is 2.22. The summed E-state index contributed by atoms with van der Waals surface area (Å²) < 4.78 is 9.51. The molecule has 0 aliphatic heterocycles. The number of carbonyl (C=O) groups is 1. The third-order valence-electron chi connectivity index (χ3n) is 4.77. The molecule has 2 heterocycles. The number of aliphatic hydroxyl groups excluding tert-OH is 1. The monoisotopic (exact) mass is 434 g/mol. The Morgan fingerprint density at radius 2 is 2.10 bits per heavy atom. The van der Waals surface area contributed by atoms with Gasteiger partial charge in [-0.2, -0.15) is 0 Å². The van der Waals surface area contributed by atoms with Crippen LogP contribution in [-0.2, 0) is 19.6 Å². The van der Waals surface area contributed by atoms with Crippen LogP contribution in [0.4, 0.5) is 11.6 Å². The first kappa shape index (κ1) is 21.6. The van der Waals surface area contributed by atoms with Gasteiger partial charge in [0.15, 0.2) is 33.5 Å². The molecular weight excluding hydrogens is 410 g/mol. The van der Waals surface area contributed by atoms with Crippen molar-refractivity contribution in [1.29, 1.82) is 0 Å². The summed E-state index contributed by atoms with van der Waals surface area (Å²) in [5.41, 5.74) is 13.2. The predicted molar refractivity (Wildman–Crippen MR) is 113 cm³/mol. The molecule has 0 aliphatic rings. The van der Waals surface area contributed by atoms with E-state index in [0.29, 0.717) is 19.5 Å². The molecule has 2 aromatic heterocycles. The highest BCUT2D eigenvalue weighted by Gasteiger charge is 2.26. The minimum absolute atomic E-state index is 0.0346. The fourth-order valence-electron chi connectivity index (χ4n) is 3.37. The molecule has 10 nitrogen and oxygen atoms in total. The number of benzene rings is 1. The Morgan fingerprint density at radius 3 is 2.77 bits per heavy atom. The Kier molecular flexibility index (Phi) is 6.58. The first-order chi connectivity index (χ1) is 14.4. The normalized spacial score (nSPS) is 11.1. The molecule has 6 N–H and O–H groups in total. The number of aliphatic hydroxyl groups is 1. The number of nitrogens with one attached hydrogen (secondary N) is 1. The van der Waals surface area contributed by atoms with Gasteiger partial charge in [-0.25, -0.2) is 19.1 Å². The second-order valence-electron chi connectivity index (χ2n) is 6.56. The van der Waals surface area contributed by atoms with Gasteiger partial charge >= 0.3 is 0 Å². The van der Waals surface area contributed by atoms with Crippen molar-refractivity contribution >= 4 is 40.2 Å². The standard InChI is InChI=1S/C19H24ClN7O3/c1-3-26-12-6-5-11(30-2)9-13(12)27(7-4-8-28)14(26)10-23-19(29)15-17(21)25-18(22)16(20)24-15/h5-6,9,28H,3-4,7-8,10H2,1-2H3,(H4-,21,22,23,25,29)/p+1. The van der Waals surface area contributed by atoms with Crippen LogP contribution in [0.15, 0.2) is 18.2 Å². The molecule has 0 unspecified atom stereocenters. The molecule has 0 bridgehead atoms. The minimum Gasteiger partial charge on any atom is -0.497 e. The zero-order chi connectivity index (χ0) is 21.8. The lowest BCUT2D eigenvalue weighted by atomic mass is 10.3. The van der Waals surface area contributed by atoms with E-state index in [0.717, 1.165) is 22.6 Å². The number of nitrogen functional groups attached to an aromatic ring is 2. The lowest BCUT2D eigenvalue weighted by molar-refractivity contribution is -0.676. The number of imidazole rings is 1. The van der Waals surface area contributed by atoms with Crippen LogP contribution in [0.5, 0.6) is 5.75 Å². The van der Waals surface area contributed by atoms with Crippen LogP contribution in [0.25, 0.3) is 11.0 Å². The number of amides is 1. The van der Waals surface area contributed by atoms with E-state index in [-0.39, 0.29) is 35.6 Å². The van der Waals surface area contributed by atoms with Crippen LogP contribution >= 0.6 is 11.6 Å². The number of anilines is 2. The molecule has 1 aromatic carbocycles. The second kappa shape index (κ2) is 9.14. The number of hydrogen-bond acceptors (Lipinski definition) is 7. The molecular formula is C19H25ClN7O3+. The van der Waals surface area contributed by atoms with Crippen LogP contribution in [0.2, 0.25) is 5.15 Å². The summed E-state index contributed by atoms with van der Waals surface area (Å²) in [6, 6.07) is 5.80. The fraction of sp³-hybridized carbons (Fsp3) is 0.368. The summed E-state index contributed by atoms with van der Waals surface area (Å²) in [7, 11) is 1.61. The number of hydrogen-bond donors (Lipinski definition) is 4. The summed E-state index contributed by atoms with van der Waals surface area (Å²) in [5.74, 6) is 0.941. The first-order valence-corrected chi connectivity index (χ1v) is 9.85. The lowest BCUT2D eigenvalue weighted by Gasteiger charge is -2.08. The third-order valence-corrected chi connectivity index (χ3v) is 5.05. The maximum absolute atomic E-state index is 12.7. The van der Waals surface area contributed by atoms with Crippen molar-refractivity contribution in [3.63, 3.8) is 0 Å². The van der Waals surface area contributed by atoms with E-state index in [9.17, 15) is 9.90 Å². The van der Waals surface area contributed by atoms with Gasteiger partial charge in [-0.15, -0.1) is 0 Å². The number of aromatic nitrogens is 4. The molecule has 1 amide bonds. The van der Waals surface area contributed by atoms with Crippen molar-refractivity contribution < 1.29 is 19.2 Å². The summed E-state index contributed by atoms with van der Waals surface area (Å²) in [4.78, 5) is 20.5. The van der Waals surface area contributed by atoms with Crippen molar-refractivity contribution in [2.75, 3.05) is 25.2 Å². The predicted octanol–water partition coefficient (Wildman–Crippen LogP) is 0.878. The summed E-state index contributed by atoms with van der Waals surface area (Å²) in [5, 5.41) is 12.1. The largest absolute Gasteiger partial charge is 0.497 e. The van der Waals surface area contributed by atoms with E-state index in [2.05, 4.69) is 24.4 Å². The molecule has 0 radical (unpaired) electrons. The van der Waals surface area contributed by atoms with E-state index in [1.807, 2.05) is 25.1 Å². The smallest absolute Gasteiger partial charge is 0.277 e. The average Bonchev–Trinajstić information content (AvgIpc) is 3.04. The Bertz CT molecular complexity index is 1080. The van der Waals surface area contributed by atoms with E-state index in [4.69, 9.17) is 27.8 Å². The van der Waals surface area contributed by atoms with Gasteiger partial charge in [-0.1, -0.05) is 11.6 Å². The molecule has 0 spiro atoms. The van der Waals surface area contributed by atoms with Crippen LogP contribution in [0, 0.1) is 0 Å². The minimum atomic E-state index is -0.513. The zero-order valence-corrected chi connectivity index (χ0v) is 17.6. The maximum atomic E-state index is 12.7. The van der Waals surface area contributed by atoms with Gasteiger partial charge in [0.05, 0.1) is 20.2 Å². The van der Waals surface area contributed by atoms with Crippen LogP contribution in [0.1, 0.15) is 29.7 Å². The number of fused-ring (bicyclic) bond motifs is 1. The van der Waals surface area contributed by atoms with Gasteiger partial charge in [-0.3, -0.25) is 4.79 Å². The van der Waals surface area contributed by atoms with E-state index in [1.165, 1.54) is 0 Å². The number of aryl methyl sites for hydroxylation is 2. The Labute approximate surface area is 178 Å². The highest BCUT2D eigenvalue weighted by molar-refractivity contribution is 6.31. The van der Waals surface area contributed by atoms with Gasteiger partial charge < -0.3 is 26.6 Å². The quantitative estimate of drug-likeness (QED) is 0.385. The Morgan fingerprint density at radius 1 is 1.33 bits per heavy atom. The number of carbonyl (C=O) groups excluding carboxylic acids is 1. The molecule has 0 atom stereocenters. The van der Waals surface area contributed by atoms with Crippen molar-refractivity contribution in [3.8, 4) is 5.75 Å². The van der Waals surface area contributed by atoms with E-state index < -0.39 is 5.91 Å². The van der Waals surface area contributed by atoms with Crippen molar-refractivity contribution in [1.82, 2.24) is 19.9 Å². The first-order valence-electron chi connectivity index (χ1n) is 9.47. The van der Waals surface area contributed by atoms with Crippen molar-refractivity contribution in [3.05, 3.63) is 34.9 Å². The van der Waals surface area contributed by atoms with E-state index in [1.54, 1.807) is 7.11 Å². The molecule has 30 heavy (non-hydrogen) atoms. The third kappa shape index (κ3) is 4.10. The molecule has 11 heteroatoms. The average molecular weight is 435 g/mol. The number of nitrogens with zero attached hydrogens (tertiary/aromatic N) is 4. The van der Waals surface area contributed by atoms with Gasteiger partial charge in [0.2, 0.25) is 0 Å². The second-order valence-corrected chi connectivity index (χ2v) is 6.92. The molecule has 3 aromatic rings. The number of methoxy groups -OCH3 is 1. The topological polar surface area (TPSA) is 145 Å². The Hall–Kier alpha value is -3.11. The van der Waals surface area contributed by atoms with Crippen molar-refractivity contribution in [2.45, 2.75) is 33.0 Å². The zero-order valence-electron chi connectivity index (χ0n) is 16.9. The van der Waals surface area contributed by atoms with Crippen molar-refractivity contribution in [2.24, 2.45) is 0 Å². The lowest BCUT2D eigenvalue weighted by Crippen LogP contribution is -2.40. The number of nitrogens with two attached hydrogens (primary N) is 2. The Balaban J connectivity index is 1.98. The SMILES string of the molecule is CC[n+]1c(CNC(=O)c2nc(Cl)c(N)nc2N)n(CCCO)c2cc(OC)ccc21. The maximum Gasteiger partial charge on any atom is 0.277 e. The summed E-state index contributed by atoms with van der Waals surface area (Å²) in [6.45, 7) is 3.55. The molecule has 0 fully saturated rings. The summed E-state index contributed by atoms with van der Waals surface area (Å²) in [6.07, 6.45) is 0.567. The highest BCUT2D eigenvalue weighted by atomic mass is 35.5. The van der Waals surface area contributed by atoms with Gasteiger partial charge in [-0.05, 0) is 19.1 Å². The van der Waals surface area contributed by atoms with E-state index >= 15 is 0 Å². The molecule has 160 valence electrons. The molecule has 3 rings (SSSR count). The number of rotatable bonds is 8. The van der Waals surface area contributed by atoms with Crippen LogP contribution < -0.4 is 26.1 Å². The van der Waals surface area contributed by atoms with Crippen LogP contribution in [0.3, 0.4) is 0 Å². The van der Waals surface area contributed by atoms with Crippen LogP contribution in [-0.4, -0.2) is 39.3 Å². The molecule has 0 saturated heterocycles. The molecule has 0 aliphatic carbocycles. The molecule has 0 saturated carbocycles. The number of ether oxygens (including phenoxy) is 1. The van der Waals surface area contributed by atoms with Gasteiger partial charge in [0.1, 0.15) is 12.3 Å². The van der Waals surface area contributed by atoms with Gasteiger partial charge in [0, 0.05) is 19.1 Å². The van der Waals surface area contributed by atoms with Gasteiger partial charge in [0.25, 0.3) is 11.7 Å². The fourth-order valence-corrected chi connectivity index (χ4v) is 3.50. The summed E-state index contributed by atoms with van der Waals surface area (Å²) >= 11 is 5.88.